The van der Waals surface area contributed by atoms with Crippen LogP contribution in [0.4, 0.5) is 4.32 Å². The third-order valence-electron chi connectivity index (χ3n) is 1.04. The molecule has 7 heavy (non-hydrogen) atoms. The lowest BCUT2D eigenvalue weighted by Gasteiger charge is -1.92. The Morgan fingerprint density at radius 3 is 2.14 bits per heavy atom. The van der Waals surface area contributed by atoms with Crippen LogP contribution in [0.15, 0.2) is 0 Å². The standard InChI is InChI=1S/C5H12BF/c1-3-5-6(7)4-2/h3-5H2,1-2H3. The molecule has 0 fully saturated rings. The molecular formula is C5H12BF. The second kappa shape index (κ2) is 4.16. The van der Waals surface area contributed by atoms with Crippen molar-refractivity contribution in [2.45, 2.75) is 32.9 Å². The molecule has 0 aliphatic rings. The molecule has 0 atom stereocenters. The van der Waals surface area contributed by atoms with Crippen LogP contribution < -0.4 is 0 Å². The van der Waals surface area contributed by atoms with Crippen LogP contribution in [0.5, 0.6) is 0 Å². The van der Waals surface area contributed by atoms with E-state index in [-0.39, 0.29) is 0 Å². The number of halogens is 1. The predicted octanol–water partition coefficient (Wildman–Crippen LogP) is 2.38. The molecule has 0 amide bonds. The van der Waals surface area contributed by atoms with Crippen molar-refractivity contribution in [1.82, 2.24) is 0 Å². The first-order valence-electron chi connectivity index (χ1n) is 2.95. The van der Waals surface area contributed by atoms with Crippen molar-refractivity contribution in [3.8, 4) is 0 Å². The van der Waals surface area contributed by atoms with Crippen molar-refractivity contribution in [2.24, 2.45) is 0 Å². The maximum absolute atomic E-state index is 12.1. The summed E-state index contributed by atoms with van der Waals surface area (Å²) < 4.78 is 12.1. The molecule has 2 heteroatoms. The molecule has 0 aromatic rings. The van der Waals surface area contributed by atoms with E-state index in [1.807, 2.05) is 13.8 Å². The zero-order valence-corrected chi connectivity index (χ0v) is 5.08. The molecule has 0 bridgehead atoms. The van der Waals surface area contributed by atoms with Crippen molar-refractivity contribution in [1.29, 1.82) is 0 Å². The van der Waals surface area contributed by atoms with Gasteiger partial charge in [0.05, 0.1) is 0 Å². The van der Waals surface area contributed by atoms with Gasteiger partial charge in [-0.1, -0.05) is 20.3 Å². The van der Waals surface area contributed by atoms with E-state index in [2.05, 4.69) is 0 Å². The lowest BCUT2D eigenvalue weighted by Crippen LogP contribution is -1.99. The highest BCUT2D eigenvalue weighted by Crippen LogP contribution is 2.01. The van der Waals surface area contributed by atoms with Gasteiger partial charge in [0.25, 0.3) is 0 Å². The monoisotopic (exact) mass is 102 g/mol. The Bertz CT molecular complexity index is 39.1. The smallest absolute Gasteiger partial charge is 0.336 e. The minimum atomic E-state index is -0.551. The fraction of sp³-hybridized carbons (Fsp3) is 1.00. The lowest BCUT2D eigenvalue weighted by molar-refractivity contribution is 0.796. The van der Waals surface area contributed by atoms with Crippen molar-refractivity contribution in [2.75, 3.05) is 0 Å². The average Bonchev–Trinajstić information content (AvgIpc) is 1.68. The highest BCUT2D eigenvalue weighted by atomic mass is 19.1. The van der Waals surface area contributed by atoms with E-state index in [1.54, 1.807) is 0 Å². The second-order valence-corrected chi connectivity index (χ2v) is 1.79. The Morgan fingerprint density at radius 2 is 2.00 bits per heavy atom. The molecule has 0 aromatic carbocycles. The van der Waals surface area contributed by atoms with Gasteiger partial charge in [-0.2, -0.15) is 0 Å². The summed E-state index contributed by atoms with van der Waals surface area (Å²) >= 11 is 0. The minimum Gasteiger partial charge on any atom is -0.336 e. The van der Waals surface area contributed by atoms with Gasteiger partial charge in [-0.05, 0) is 12.6 Å². The first-order chi connectivity index (χ1) is 3.31. The van der Waals surface area contributed by atoms with Crippen LogP contribution in [0.1, 0.15) is 20.3 Å². The normalized spacial score (nSPS) is 9.00. The summed E-state index contributed by atoms with van der Waals surface area (Å²) in [5.74, 6) is 0. The summed E-state index contributed by atoms with van der Waals surface area (Å²) in [6.45, 7) is 3.33. The van der Waals surface area contributed by atoms with Crippen molar-refractivity contribution >= 4 is 6.99 Å². The van der Waals surface area contributed by atoms with E-state index in [4.69, 9.17) is 0 Å². The van der Waals surface area contributed by atoms with Crippen LogP contribution >= 0.6 is 0 Å². The summed E-state index contributed by atoms with van der Waals surface area (Å²) in [7, 11) is 0. The summed E-state index contributed by atoms with van der Waals surface area (Å²) in [6.07, 6.45) is 2.37. The topological polar surface area (TPSA) is 0 Å². The molecular weight excluding hydrogens is 89.9 g/mol. The maximum atomic E-state index is 12.1. The summed E-state index contributed by atoms with van der Waals surface area (Å²) in [5.41, 5.74) is 0. The largest absolute Gasteiger partial charge is 0.348 e. The molecule has 0 rings (SSSR count). The van der Waals surface area contributed by atoms with E-state index in [9.17, 15) is 4.32 Å². The zero-order valence-electron chi connectivity index (χ0n) is 5.08. The molecule has 0 saturated heterocycles. The maximum Gasteiger partial charge on any atom is 0.348 e. The van der Waals surface area contributed by atoms with Crippen molar-refractivity contribution in [3.05, 3.63) is 0 Å². The van der Waals surface area contributed by atoms with Gasteiger partial charge in [-0.3, -0.25) is 0 Å². The number of hydrogen-bond donors (Lipinski definition) is 0. The van der Waals surface area contributed by atoms with Crippen molar-refractivity contribution < 1.29 is 4.32 Å². The predicted molar refractivity (Wildman–Crippen MR) is 32.4 cm³/mol. The van der Waals surface area contributed by atoms with Gasteiger partial charge in [0, 0.05) is 0 Å². The van der Waals surface area contributed by atoms with Crippen LogP contribution in [0.25, 0.3) is 0 Å². The highest BCUT2D eigenvalue weighted by Gasteiger charge is 2.06. The Morgan fingerprint density at radius 1 is 1.43 bits per heavy atom. The summed E-state index contributed by atoms with van der Waals surface area (Å²) in [4.78, 5) is 0. The Hall–Kier alpha value is -0.00506. The van der Waals surface area contributed by atoms with Crippen molar-refractivity contribution in [3.63, 3.8) is 0 Å². The molecule has 0 spiro atoms. The van der Waals surface area contributed by atoms with Gasteiger partial charge in [-0.25, -0.2) is 0 Å². The van der Waals surface area contributed by atoms with Crippen LogP contribution in [-0.2, 0) is 0 Å². The second-order valence-electron chi connectivity index (χ2n) is 1.79. The van der Waals surface area contributed by atoms with E-state index < -0.39 is 6.99 Å². The average molecular weight is 102 g/mol. The number of hydrogen-bond acceptors (Lipinski definition) is 0. The minimum absolute atomic E-state index is 0.551. The van der Waals surface area contributed by atoms with Gasteiger partial charge in [0.1, 0.15) is 0 Å². The molecule has 0 heterocycles. The molecule has 0 nitrogen and oxygen atoms in total. The van der Waals surface area contributed by atoms with Gasteiger partial charge >= 0.3 is 6.99 Å². The van der Waals surface area contributed by atoms with E-state index in [0.29, 0.717) is 6.32 Å². The fourth-order valence-corrected chi connectivity index (χ4v) is 0.517. The molecule has 0 saturated carbocycles. The third-order valence-corrected chi connectivity index (χ3v) is 1.04. The van der Waals surface area contributed by atoms with E-state index >= 15 is 0 Å². The molecule has 0 N–H and O–H groups in total. The molecule has 0 aliphatic carbocycles. The quantitative estimate of drug-likeness (QED) is 0.480. The SMILES string of the molecule is CCCB(F)CC. The number of rotatable bonds is 3. The first kappa shape index (κ1) is 6.99. The lowest BCUT2D eigenvalue weighted by atomic mass is 9.65. The van der Waals surface area contributed by atoms with Gasteiger partial charge in [-0.15, -0.1) is 0 Å². The van der Waals surface area contributed by atoms with Gasteiger partial charge < -0.3 is 4.32 Å². The van der Waals surface area contributed by atoms with Crippen LogP contribution in [0.2, 0.25) is 12.6 Å². The summed E-state index contributed by atoms with van der Waals surface area (Å²) in [5, 5.41) is 0. The van der Waals surface area contributed by atoms with Crippen LogP contribution in [-0.4, -0.2) is 6.99 Å². The Labute approximate surface area is 45.2 Å². The molecule has 0 aromatic heterocycles. The van der Waals surface area contributed by atoms with E-state index in [0.717, 1.165) is 12.7 Å². The molecule has 42 valence electrons. The third kappa shape index (κ3) is 3.83. The Kier molecular flexibility index (Phi) is 4.16. The fourth-order valence-electron chi connectivity index (χ4n) is 0.517. The van der Waals surface area contributed by atoms with E-state index in [1.165, 1.54) is 0 Å². The highest BCUT2D eigenvalue weighted by molar-refractivity contribution is 6.50. The summed E-state index contributed by atoms with van der Waals surface area (Å²) in [6, 6.07) is 0. The first-order valence-corrected chi connectivity index (χ1v) is 2.95. The Balaban J connectivity index is 2.83. The molecule has 0 radical (unpaired) electrons. The molecule has 0 unspecified atom stereocenters. The van der Waals surface area contributed by atoms with Crippen LogP contribution in [0.3, 0.4) is 0 Å². The van der Waals surface area contributed by atoms with Gasteiger partial charge in [0.15, 0.2) is 0 Å². The van der Waals surface area contributed by atoms with Gasteiger partial charge in [0.2, 0.25) is 0 Å². The zero-order chi connectivity index (χ0) is 5.70. The molecule has 0 aliphatic heterocycles. The van der Waals surface area contributed by atoms with Crippen LogP contribution in [0, 0.1) is 0 Å².